The molecule has 0 unspecified atom stereocenters. The SMILES string of the molecule is CCOC(=O)CN1C(=O)C/C(=C\c2cccc(Cl)c2)C1=O. The fraction of sp³-hybridized carbons (Fsp3) is 0.267. The minimum absolute atomic E-state index is 0.0231. The normalized spacial score (nSPS) is 16.7. The van der Waals surface area contributed by atoms with Gasteiger partial charge in [-0.25, -0.2) is 0 Å². The number of carbonyl (C=O) groups is 3. The lowest BCUT2D eigenvalue weighted by atomic mass is 10.1. The maximum absolute atomic E-state index is 12.1. The number of imide groups is 1. The molecule has 1 saturated heterocycles. The molecule has 1 fully saturated rings. The number of hydrogen-bond acceptors (Lipinski definition) is 4. The molecule has 0 radical (unpaired) electrons. The zero-order valence-corrected chi connectivity index (χ0v) is 12.2. The quantitative estimate of drug-likeness (QED) is 0.485. The van der Waals surface area contributed by atoms with Crippen LogP contribution in [-0.4, -0.2) is 35.8 Å². The molecule has 1 aliphatic heterocycles. The smallest absolute Gasteiger partial charge is 0.326 e. The third-order valence-corrected chi connectivity index (χ3v) is 3.18. The molecule has 0 N–H and O–H groups in total. The van der Waals surface area contributed by atoms with Crippen molar-refractivity contribution in [1.29, 1.82) is 0 Å². The largest absolute Gasteiger partial charge is 0.465 e. The van der Waals surface area contributed by atoms with E-state index in [1.54, 1.807) is 37.3 Å². The maximum Gasteiger partial charge on any atom is 0.326 e. The van der Waals surface area contributed by atoms with Crippen molar-refractivity contribution in [3.05, 3.63) is 40.4 Å². The Balaban J connectivity index is 2.16. The summed E-state index contributed by atoms with van der Waals surface area (Å²) in [5.41, 5.74) is 1.07. The fourth-order valence-corrected chi connectivity index (χ4v) is 2.23. The van der Waals surface area contributed by atoms with E-state index < -0.39 is 17.8 Å². The van der Waals surface area contributed by atoms with E-state index >= 15 is 0 Å². The van der Waals surface area contributed by atoms with Gasteiger partial charge in [-0.3, -0.25) is 19.3 Å². The minimum Gasteiger partial charge on any atom is -0.465 e. The first kappa shape index (κ1) is 15.3. The highest BCUT2D eigenvalue weighted by molar-refractivity contribution is 6.30. The van der Waals surface area contributed by atoms with E-state index in [2.05, 4.69) is 0 Å². The van der Waals surface area contributed by atoms with Crippen LogP contribution in [0.3, 0.4) is 0 Å². The van der Waals surface area contributed by atoms with Gasteiger partial charge in [0, 0.05) is 10.6 Å². The number of carbonyl (C=O) groups excluding carboxylic acids is 3. The van der Waals surface area contributed by atoms with Crippen LogP contribution in [0, 0.1) is 0 Å². The van der Waals surface area contributed by atoms with E-state index in [0.717, 1.165) is 10.5 Å². The van der Waals surface area contributed by atoms with Gasteiger partial charge in [0.1, 0.15) is 6.54 Å². The molecule has 0 spiro atoms. The van der Waals surface area contributed by atoms with Gasteiger partial charge in [-0.15, -0.1) is 0 Å². The van der Waals surface area contributed by atoms with Crippen molar-refractivity contribution >= 4 is 35.5 Å². The van der Waals surface area contributed by atoms with Gasteiger partial charge in [-0.05, 0) is 30.7 Å². The van der Waals surface area contributed by atoms with Crippen molar-refractivity contribution in [1.82, 2.24) is 4.90 Å². The van der Waals surface area contributed by atoms with E-state index in [0.29, 0.717) is 10.6 Å². The summed E-state index contributed by atoms with van der Waals surface area (Å²) in [6, 6.07) is 6.95. The predicted octanol–water partition coefficient (Wildman–Crippen LogP) is 2.05. The standard InChI is InChI=1S/C15H14ClNO4/c1-2-21-14(19)9-17-13(18)8-11(15(17)20)6-10-4-3-5-12(16)7-10/h3-7H,2,8-9H2,1H3/b11-6+. The number of halogens is 1. The van der Waals surface area contributed by atoms with Crippen molar-refractivity contribution in [2.24, 2.45) is 0 Å². The van der Waals surface area contributed by atoms with Crippen LogP contribution in [0.2, 0.25) is 5.02 Å². The molecule has 110 valence electrons. The molecule has 2 rings (SSSR count). The topological polar surface area (TPSA) is 63.7 Å². The van der Waals surface area contributed by atoms with Crippen LogP contribution in [0.4, 0.5) is 0 Å². The summed E-state index contributed by atoms with van der Waals surface area (Å²) >= 11 is 5.87. The monoisotopic (exact) mass is 307 g/mol. The number of benzene rings is 1. The highest BCUT2D eigenvalue weighted by Crippen LogP contribution is 2.22. The third kappa shape index (κ3) is 3.70. The average molecular weight is 308 g/mol. The Bertz CT molecular complexity index is 624. The Morgan fingerprint density at radius 2 is 2.19 bits per heavy atom. The lowest BCUT2D eigenvalue weighted by Gasteiger charge is -2.11. The molecule has 6 heteroatoms. The fourth-order valence-electron chi connectivity index (χ4n) is 2.03. The maximum atomic E-state index is 12.1. The number of ether oxygens (including phenoxy) is 1. The zero-order chi connectivity index (χ0) is 15.4. The Kier molecular flexibility index (Phi) is 4.75. The summed E-state index contributed by atoms with van der Waals surface area (Å²) in [7, 11) is 0. The van der Waals surface area contributed by atoms with Gasteiger partial charge in [-0.1, -0.05) is 23.7 Å². The molecule has 5 nitrogen and oxygen atoms in total. The van der Waals surface area contributed by atoms with Gasteiger partial charge in [0.25, 0.3) is 5.91 Å². The molecule has 0 aliphatic carbocycles. The van der Waals surface area contributed by atoms with E-state index in [-0.39, 0.29) is 19.6 Å². The number of nitrogens with zero attached hydrogens (tertiary/aromatic N) is 1. The molecule has 1 aliphatic rings. The van der Waals surface area contributed by atoms with Crippen LogP contribution in [-0.2, 0) is 19.1 Å². The first-order valence-electron chi connectivity index (χ1n) is 6.47. The highest BCUT2D eigenvalue weighted by atomic mass is 35.5. The molecular formula is C15H14ClNO4. The van der Waals surface area contributed by atoms with Crippen molar-refractivity contribution < 1.29 is 19.1 Å². The Hall–Kier alpha value is -2.14. The third-order valence-electron chi connectivity index (χ3n) is 2.94. The van der Waals surface area contributed by atoms with Crippen LogP contribution < -0.4 is 0 Å². The van der Waals surface area contributed by atoms with Gasteiger partial charge in [-0.2, -0.15) is 0 Å². The van der Waals surface area contributed by atoms with Crippen molar-refractivity contribution in [3.63, 3.8) is 0 Å². The summed E-state index contributed by atoms with van der Waals surface area (Å²) in [6.45, 7) is 1.52. The molecule has 1 heterocycles. The number of amides is 2. The highest BCUT2D eigenvalue weighted by Gasteiger charge is 2.35. The van der Waals surface area contributed by atoms with Crippen molar-refractivity contribution in [3.8, 4) is 0 Å². The van der Waals surface area contributed by atoms with Crippen LogP contribution in [0.25, 0.3) is 6.08 Å². The van der Waals surface area contributed by atoms with Gasteiger partial charge in [0.15, 0.2) is 0 Å². The van der Waals surface area contributed by atoms with Crippen LogP contribution in [0.1, 0.15) is 18.9 Å². The van der Waals surface area contributed by atoms with Crippen LogP contribution >= 0.6 is 11.6 Å². The zero-order valence-electron chi connectivity index (χ0n) is 11.5. The molecule has 21 heavy (non-hydrogen) atoms. The lowest BCUT2D eigenvalue weighted by molar-refractivity contribution is -0.151. The first-order chi connectivity index (χ1) is 10.0. The van der Waals surface area contributed by atoms with Crippen molar-refractivity contribution in [2.45, 2.75) is 13.3 Å². The molecule has 1 aromatic carbocycles. The Morgan fingerprint density at radius 1 is 1.43 bits per heavy atom. The predicted molar refractivity (Wildman–Crippen MR) is 77.4 cm³/mol. The van der Waals surface area contributed by atoms with Crippen LogP contribution in [0.5, 0.6) is 0 Å². The Labute approximate surface area is 127 Å². The molecule has 0 aromatic heterocycles. The molecule has 0 bridgehead atoms. The van der Waals surface area contributed by atoms with E-state index in [9.17, 15) is 14.4 Å². The van der Waals surface area contributed by atoms with E-state index in [1.807, 2.05) is 0 Å². The number of likely N-dealkylation sites (tertiary alicyclic amines) is 1. The van der Waals surface area contributed by atoms with Gasteiger partial charge >= 0.3 is 5.97 Å². The minimum atomic E-state index is -0.594. The summed E-state index contributed by atoms with van der Waals surface area (Å²) < 4.78 is 4.75. The van der Waals surface area contributed by atoms with Gasteiger partial charge in [0.05, 0.1) is 13.0 Å². The van der Waals surface area contributed by atoms with E-state index in [4.69, 9.17) is 16.3 Å². The number of rotatable bonds is 4. The van der Waals surface area contributed by atoms with Gasteiger partial charge in [0.2, 0.25) is 5.91 Å². The molecular weight excluding hydrogens is 294 g/mol. The number of hydrogen-bond donors (Lipinski definition) is 0. The lowest BCUT2D eigenvalue weighted by Crippen LogP contribution is -2.35. The van der Waals surface area contributed by atoms with Gasteiger partial charge < -0.3 is 4.74 Å². The average Bonchev–Trinajstić information content (AvgIpc) is 2.67. The molecule has 0 saturated carbocycles. The van der Waals surface area contributed by atoms with E-state index in [1.165, 1.54) is 0 Å². The summed E-state index contributed by atoms with van der Waals surface area (Å²) in [5.74, 6) is -1.46. The second kappa shape index (κ2) is 6.54. The molecule has 1 aromatic rings. The second-order valence-corrected chi connectivity index (χ2v) is 4.93. The molecule has 2 amide bonds. The summed E-state index contributed by atoms with van der Waals surface area (Å²) in [4.78, 5) is 36.3. The Morgan fingerprint density at radius 3 is 2.86 bits per heavy atom. The summed E-state index contributed by atoms with van der Waals surface area (Å²) in [6.07, 6.45) is 1.59. The number of esters is 1. The molecule has 0 atom stereocenters. The van der Waals surface area contributed by atoms with Crippen LogP contribution in [0.15, 0.2) is 29.8 Å². The second-order valence-electron chi connectivity index (χ2n) is 4.49. The summed E-state index contributed by atoms with van der Waals surface area (Å²) in [5, 5.41) is 0.546. The van der Waals surface area contributed by atoms with Crippen molar-refractivity contribution in [2.75, 3.05) is 13.2 Å². The first-order valence-corrected chi connectivity index (χ1v) is 6.85.